The molecule has 2 aromatic rings. The third-order valence-corrected chi connectivity index (χ3v) is 4.97. The normalized spacial score (nSPS) is 22.5. The van der Waals surface area contributed by atoms with E-state index in [1.165, 1.54) is 0 Å². The molecule has 3 heterocycles. The summed E-state index contributed by atoms with van der Waals surface area (Å²) in [5.41, 5.74) is 1.02. The number of hydrogen-bond donors (Lipinski definition) is 3. The van der Waals surface area contributed by atoms with Gasteiger partial charge in [-0.2, -0.15) is 0 Å². The molecular formula is C13H12N4O4S. The van der Waals surface area contributed by atoms with E-state index >= 15 is 0 Å². The summed E-state index contributed by atoms with van der Waals surface area (Å²) in [5, 5.41) is 4.81. The van der Waals surface area contributed by atoms with Crippen molar-refractivity contribution in [3.8, 4) is 0 Å². The third kappa shape index (κ3) is 2.33. The first-order valence-corrected chi connectivity index (χ1v) is 8.00. The summed E-state index contributed by atoms with van der Waals surface area (Å²) in [6.45, 7) is 0. The molecule has 2 fully saturated rings. The van der Waals surface area contributed by atoms with Gasteiger partial charge in [0.05, 0.1) is 5.25 Å². The summed E-state index contributed by atoms with van der Waals surface area (Å²) in [6, 6.07) is 3.55. The van der Waals surface area contributed by atoms with E-state index in [0.717, 1.165) is 12.8 Å². The van der Waals surface area contributed by atoms with Crippen LogP contribution in [0.2, 0.25) is 0 Å². The molecule has 2 unspecified atom stereocenters. The van der Waals surface area contributed by atoms with Gasteiger partial charge in [0.25, 0.3) is 5.91 Å². The molecule has 0 spiro atoms. The van der Waals surface area contributed by atoms with E-state index in [1.807, 2.05) is 0 Å². The SMILES string of the molecule is O=C1NC(=O)C(c2cc3nc(NS(=O)C4CC4)ccc3o2)N1. The molecule has 1 saturated heterocycles. The zero-order chi connectivity index (χ0) is 15.3. The number of carbonyl (C=O) groups is 2. The molecule has 1 saturated carbocycles. The average molecular weight is 320 g/mol. The number of imide groups is 1. The Morgan fingerprint density at radius 3 is 2.82 bits per heavy atom. The second kappa shape index (κ2) is 4.80. The van der Waals surface area contributed by atoms with E-state index in [4.69, 9.17) is 4.42 Å². The highest BCUT2D eigenvalue weighted by atomic mass is 32.2. The zero-order valence-electron chi connectivity index (χ0n) is 11.3. The summed E-state index contributed by atoms with van der Waals surface area (Å²) < 4.78 is 20.3. The van der Waals surface area contributed by atoms with Gasteiger partial charge in [0, 0.05) is 6.07 Å². The summed E-state index contributed by atoms with van der Waals surface area (Å²) >= 11 is 0. The standard InChI is InChI=1S/C13H12N4O4S/c18-12-11(15-13(19)16-12)9-5-7-8(21-9)3-4-10(14-7)17-22(20)6-1-2-6/h3-6,11H,1-2H2,(H,14,17)(H2,15,16,18,19). The maximum absolute atomic E-state index is 11.8. The molecule has 2 atom stereocenters. The fraction of sp³-hybridized carbons (Fsp3) is 0.308. The van der Waals surface area contributed by atoms with Gasteiger partial charge in [-0.1, -0.05) is 0 Å². The molecule has 3 N–H and O–H groups in total. The lowest BCUT2D eigenvalue weighted by atomic mass is 10.2. The summed E-state index contributed by atoms with van der Waals surface area (Å²) in [6.07, 6.45) is 1.93. The number of nitrogens with one attached hydrogen (secondary N) is 3. The van der Waals surface area contributed by atoms with Gasteiger partial charge in [-0.3, -0.25) is 14.8 Å². The van der Waals surface area contributed by atoms with Crippen molar-refractivity contribution in [2.24, 2.45) is 0 Å². The van der Waals surface area contributed by atoms with Crippen molar-refractivity contribution >= 4 is 39.8 Å². The van der Waals surface area contributed by atoms with Gasteiger partial charge < -0.3 is 9.73 Å². The van der Waals surface area contributed by atoms with E-state index in [0.29, 0.717) is 22.7 Å². The van der Waals surface area contributed by atoms with Crippen LogP contribution in [0.4, 0.5) is 10.6 Å². The first kappa shape index (κ1) is 13.3. The van der Waals surface area contributed by atoms with Crippen molar-refractivity contribution in [3.05, 3.63) is 24.0 Å². The Labute approximate surface area is 127 Å². The van der Waals surface area contributed by atoms with Crippen LogP contribution >= 0.6 is 0 Å². The van der Waals surface area contributed by atoms with Crippen LogP contribution in [-0.4, -0.2) is 26.4 Å². The summed E-state index contributed by atoms with van der Waals surface area (Å²) in [4.78, 5) is 27.1. The van der Waals surface area contributed by atoms with Crippen LogP contribution < -0.4 is 15.4 Å². The summed E-state index contributed by atoms with van der Waals surface area (Å²) in [5.74, 6) is 0.341. The maximum atomic E-state index is 11.8. The number of furan rings is 1. The van der Waals surface area contributed by atoms with Gasteiger partial charge in [0.15, 0.2) is 11.6 Å². The van der Waals surface area contributed by atoms with Crippen LogP contribution in [0.25, 0.3) is 11.1 Å². The number of carbonyl (C=O) groups excluding carboxylic acids is 2. The predicted octanol–water partition coefficient (Wildman–Crippen LogP) is 0.946. The summed E-state index contributed by atoms with van der Waals surface area (Å²) in [7, 11) is -1.12. The molecule has 8 nitrogen and oxygen atoms in total. The molecule has 2 aromatic heterocycles. The van der Waals surface area contributed by atoms with Gasteiger partial charge in [-0.25, -0.2) is 14.0 Å². The molecule has 1 aliphatic carbocycles. The van der Waals surface area contributed by atoms with Crippen LogP contribution in [0.1, 0.15) is 24.6 Å². The van der Waals surface area contributed by atoms with Crippen LogP contribution in [0, 0.1) is 0 Å². The molecular weight excluding hydrogens is 308 g/mol. The third-order valence-electron chi connectivity index (χ3n) is 3.48. The minimum Gasteiger partial charge on any atom is -0.457 e. The van der Waals surface area contributed by atoms with Gasteiger partial charge in [-0.15, -0.1) is 0 Å². The fourth-order valence-corrected chi connectivity index (χ4v) is 3.28. The Balaban J connectivity index is 1.61. The van der Waals surface area contributed by atoms with Gasteiger partial charge in [-0.05, 0) is 25.0 Å². The largest absolute Gasteiger partial charge is 0.457 e. The highest BCUT2D eigenvalue weighted by Crippen LogP contribution is 2.28. The predicted molar refractivity (Wildman–Crippen MR) is 78.2 cm³/mol. The van der Waals surface area contributed by atoms with Crippen molar-refractivity contribution in [1.29, 1.82) is 0 Å². The maximum Gasteiger partial charge on any atom is 0.322 e. The van der Waals surface area contributed by atoms with Gasteiger partial charge >= 0.3 is 6.03 Å². The molecule has 2 aliphatic rings. The highest BCUT2D eigenvalue weighted by Gasteiger charge is 2.34. The quantitative estimate of drug-likeness (QED) is 0.726. The molecule has 0 radical (unpaired) electrons. The Bertz CT molecular complexity index is 813. The van der Waals surface area contributed by atoms with E-state index in [2.05, 4.69) is 20.3 Å². The van der Waals surface area contributed by atoms with E-state index < -0.39 is 29.0 Å². The first-order valence-electron chi connectivity index (χ1n) is 6.79. The molecule has 4 rings (SSSR count). The number of fused-ring (bicyclic) bond motifs is 1. The van der Waals surface area contributed by atoms with Crippen molar-refractivity contribution in [1.82, 2.24) is 15.6 Å². The number of hydrogen-bond acceptors (Lipinski definition) is 5. The van der Waals surface area contributed by atoms with Crippen LogP contribution in [0.5, 0.6) is 0 Å². The molecule has 22 heavy (non-hydrogen) atoms. The average Bonchev–Trinajstić information content (AvgIpc) is 3.16. The molecule has 0 aromatic carbocycles. The minimum atomic E-state index is -1.12. The Kier molecular flexibility index (Phi) is 2.89. The molecule has 3 amide bonds. The molecule has 114 valence electrons. The van der Waals surface area contributed by atoms with Crippen molar-refractivity contribution in [2.45, 2.75) is 24.1 Å². The Morgan fingerprint density at radius 2 is 2.14 bits per heavy atom. The number of pyridine rings is 1. The smallest absolute Gasteiger partial charge is 0.322 e. The van der Waals surface area contributed by atoms with Gasteiger partial charge in [0.1, 0.15) is 28.1 Å². The van der Waals surface area contributed by atoms with Crippen molar-refractivity contribution in [2.75, 3.05) is 4.72 Å². The lowest BCUT2D eigenvalue weighted by molar-refractivity contribution is -0.120. The van der Waals surface area contributed by atoms with E-state index in [9.17, 15) is 13.8 Å². The monoisotopic (exact) mass is 320 g/mol. The fourth-order valence-electron chi connectivity index (χ4n) is 2.23. The number of rotatable bonds is 4. The highest BCUT2D eigenvalue weighted by molar-refractivity contribution is 7.87. The Hall–Kier alpha value is -2.42. The molecule has 0 bridgehead atoms. The lowest BCUT2D eigenvalue weighted by Crippen LogP contribution is -2.22. The molecule has 9 heteroatoms. The topological polar surface area (TPSA) is 113 Å². The molecule has 1 aliphatic heterocycles. The van der Waals surface area contributed by atoms with Gasteiger partial charge in [0.2, 0.25) is 0 Å². The number of nitrogens with zero attached hydrogens (tertiary/aromatic N) is 1. The Morgan fingerprint density at radius 1 is 1.32 bits per heavy atom. The van der Waals surface area contributed by atoms with Crippen LogP contribution in [0.15, 0.2) is 22.6 Å². The van der Waals surface area contributed by atoms with E-state index in [1.54, 1.807) is 18.2 Å². The number of anilines is 1. The zero-order valence-corrected chi connectivity index (χ0v) is 12.1. The number of aromatic nitrogens is 1. The van der Waals surface area contributed by atoms with Crippen molar-refractivity contribution in [3.63, 3.8) is 0 Å². The second-order valence-corrected chi connectivity index (χ2v) is 6.69. The first-order chi connectivity index (χ1) is 10.6. The lowest BCUT2D eigenvalue weighted by Gasteiger charge is -2.02. The van der Waals surface area contributed by atoms with Crippen LogP contribution in [-0.2, 0) is 15.8 Å². The number of amides is 3. The van der Waals surface area contributed by atoms with Crippen LogP contribution in [0.3, 0.4) is 0 Å². The second-order valence-electron chi connectivity index (χ2n) is 5.22. The minimum absolute atomic E-state index is 0.204. The van der Waals surface area contributed by atoms with Crippen molar-refractivity contribution < 1.29 is 18.2 Å². The van der Waals surface area contributed by atoms with E-state index in [-0.39, 0.29) is 5.25 Å². The number of urea groups is 1.